The van der Waals surface area contributed by atoms with Crippen LogP contribution < -0.4 is 0 Å². The number of rotatable bonds is 6. The predicted octanol–water partition coefficient (Wildman–Crippen LogP) is 1.70. The first kappa shape index (κ1) is 15.2. The van der Waals surface area contributed by atoms with Crippen molar-refractivity contribution in [1.82, 2.24) is 0 Å². The fraction of sp³-hybridized carbons (Fsp3) is 0.538. The molecule has 4 heteroatoms. The van der Waals surface area contributed by atoms with Crippen molar-refractivity contribution >= 4 is 11.9 Å². The lowest BCUT2D eigenvalue weighted by molar-refractivity contribution is -0.169. The van der Waals surface area contributed by atoms with Crippen LogP contribution in [0.4, 0.5) is 0 Å². The molecule has 0 saturated carbocycles. The van der Waals surface area contributed by atoms with Crippen LogP contribution in [-0.4, -0.2) is 26.2 Å². The van der Waals surface area contributed by atoms with Crippen LogP contribution in [0.1, 0.15) is 26.2 Å². The molecule has 0 amide bonds. The lowest BCUT2D eigenvalue weighted by Crippen LogP contribution is -2.41. The summed E-state index contributed by atoms with van der Waals surface area (Å²) < 4.78 is 9.38. The predicted molar refractivity (Wildman–Crippen MR) is 64.0 cm³/mol. The first-order valence-electron chi connectivity index (χ1n) is 5.30. The molecule has 0 aromatic heterocycles. The highest BCUT2D eigenvalue weighted by molar-refractivity contribution is 6.00. The Morgan fingerprint density at radius 3 is 2.18 bits per heavy atom. The molecule has 0 aromatic carbocycles. The molecular formula is C13H18O4. The molecule has 0 unspecified atom stereocenters. The minimum atomic E-state index is -1.33. The van der Waals surface area contributed by atoms with E-state index >= 15 is 0 Å². The van der Waals surface area contributed by atoms with Crippen LogP contribution in [0.3, 0.4) is 0 Å². The summed E-state index contributed by atoms with van der Waals surface area (Å²) in [5.41, 5.74) is -1.33. The molecule has 0 spiro atoms. The van der Waals surface area contributed by atoms with Crippen LogP contribution >= 0.6 is 0 Å². The smallest absolute Gasteiger partial charge is 0.323 e. The highest BCUT2D eigenvalue weighted by atomic mass is 16.5. The van der Waals surface area contributed by atoms with Crippen molar-refractivity contribution in [3.8, 4) is 12.3 Å². The van der Waals surface area contributed by atoms with Gasteiger partial charge in [0.05, 0.1) is 14.2 Å². The highest BCUT2D eigenvalue weighted by Crippen LogP contribution is 2.32. The van der Waals surface area contributed by atoms with Crippen molar-refractivity contribution in [3.05, 3.63) is 12.2 Å². The van der Waals surface area contributed by atoms with E-state index in [0.29, 0.717) is 6.42 Å². The van der Waals surface area contributed by atoms with Crippen LogP contribution in [-0.2, 0) is 19.1 Å². The molecule has 0 atom stereocenters. The Kier molecular flexibility index (Phi) is 6.73. The Morgan fingerprint density at radius 2 is 1.82 bits per heavy atom. The second-order valence-corrected chi connectivity index (χ2v) is 3.54. The molecule has 0 radical (unpaired) electrons. The summed E-state index contributed by atoms with van der Waals surface area (Å²) in [5.74, 6) is 1.19. The molecule has 0 saturated heterocycles. The Balaban J connectivity index is 5.27. The molecule has 94 valence electrons. The van der Waals surface area contributed by atoms with Crippen LogP contribution in [0.25, 0.3) is 0 Å². The van der Waals surface area contributed by atoms with Crippen molar-refractivity contribution in [3.63, 3.8) is 0 Å². The Morgan fingerprint density at radius 1 is 1.29 bits per heavy atom. The minimum Gasteiger partial charge on any atom is -0.468 e. The van der Waals surface area contributed by atoms with Gasteiger partial charge in [0.1, 0.15) is 0 Å². The van der Waals surface area contributed by atoms with Gasteiger partial charge < -0.3 is 9.47 Å². The fourth-order valence-electron chi connectivity index (χ4n) is 1.55. The number of hydrogen-bond acceptors (Lipinski definition) is 4. The van der Waals surface area contributed by atoms with E-state index in [1.165, 1.54) is 14.2 Å². The molecule has 0 heterocycles. The van der Waals surface area contributed by atoms with Gasteiger partial charge >= 0.3 is 11.9 Å². The van der Waals surface area contributed by atoms with Crippen molar-refractivity contribution in [2.45, 2.75) is 26.2 Å². The molecule has 0 aliphatic rings. The third-order valence-corrected chi connectivity index (χ3v) is 2.55. The second kappa shape index (κ2) is 7.50. The molecule has 0 bridgehead atoms. The summed E-state index contributed by atoms with van der Waals surface area (Å²) in [6.07, 6.45) is 9.41. The van der Waals surface area contributed by atoms with E-state index in [9.17, 15) is 9.59 Å². The molecule has 0 N–H and O–H groups in total. The van der Waals surface area contributed by atoms with Crippen molar-refractivity contribution in [2.24, 2.45) is 5.41 Å². The molecule has 0 fully saturated rings. The Labute approximate surface area is 102 Å². The molecule has 4 nitrogen and oxygen atoms in total. The number of ether oxygens (including phenoxy) is 2. The standard InChI is InChI=1S/C13H18O4/c1-5-7-9-13(10-8-6-2,11(14)16-3)12(15)17-4/h1,6,8H,7,9-10H2,2-4H3/b8-6+. The number of allylic oxidation sites excluding steroid dienone is 2. The van der Waals surface area contributed by atoms with E-state index in [1.807, 2.05) is 0 Å². The zero-order valence-corrected chi connectivity index (χ0v) is 10.5. The molecule has 17 heavy (non-hydrogen) atoms. The monoisotopic (exact) mass is 238 g/mol. The average Bonchev–Trinajstić information content (AvgIpc) is 2.37. The first-order chi connectivity index (χ1) is 8.08. The molecule has 0 aliphatic carbocycles. The third-order valence-electron chi connectivity index (χ3n) is 2.55. The average molecular weight is 238 g/mol. The number of hydrogen-bond donors (Lipinski definition) is 0. The quantitative estimate of drug-likeness (QED) is 0.306. The van der Waals surface area contributed by atoms with E-state index < -0.39 is 17.4 Å². The summed E-state index contributed by atoms with van der Waals surface area (Å²) >= 11 is 0. The number of terminal acetylenes is 1. The van der Waals surface area contributed by atoms with Gasteiger partial charge in [-0.2, -0.15) is 0 Å². The summed E-state index contributed by atoms with van der Waals surface area (Å²) in [6, 6.07) is 0. The highest BCUT2D eigenvalue weighted by Gasteiger charge is 2.46. The van der Waals surface area contributed by atoms with Gasteiger partial charge in [0, 0.05) is 6.42 Å². The van der Waals surface area contributed by atoms with Gasteiger partial charge in [-0.15, -0.1) is 12.3 Å². The summed E-state index contributed by atoms with van der Waals surface area (Å²) in [5, 5.41) is 0. The van der Waals surface area contributed by atoms with E-state index in [1.54, 1.807) is 19.1 Å². The van der Waals surface area contributed by atoms with E-state index in [2.05, 4.69) is 5.92 Å². The summed E-state index contributed by atoms with van der Waals surface area (Å²) in [7, 11) is 2.48. The molecule has 0 aliphatic heterocycles. The van der Waals surface area contributed by atoms with Gasteiger partial charge in [0.2, 0.25) is 0 Å². The van der Waals surface area contributed by atoms with Gasteiger partial charge in [0.25, 0.3) is 0 Å². The maximum Gasteiger partial charge on any atom is 0.323 e. The zero-order chi connectivity index (χ0) is 13.3. The van der Waals surface area contributed by atoms with Crippen molar-refractivity contribution < 1.29 is 19.1 Å². The Hall–Kier alpha value is -1.76. The third kappa shape index (κ3) is 3.63. The lowest BCUT2D eigenvalue weighted by Gasteiger charge is -2.26. The Bertz CT molecular complexity index is 320. The van der Waals surface area contributed by atoms with E-state index in [0.717, 1.165) is 0 Å². The lowest BCUT2D eigenvalue weighted by atomic mass is 9.80. The summed E-state index contributed by atoms with van der Waals surface area (Å²) in [4.78, 5) is 23.6. The molecular weight excluding hydrogens is 220 g/mol. The normalized spacial score (nSPS) is 10.9. The van der Waals surface area contributed by atoms with Crippen molar-refractivity contribution in [1.29, 1.82) is 0 Å². The van der Waals surface area contributed by atoms with Gasteiger partial charge in [-0.3, -0.25) is 9.59 Å². The van der Waals surface area contributed by atoms with Crippen LogP contribution in [0.2, 0.25) is 0 Å². The topological polar surface area (TPSA) is 52.6 Å². The van der Waals surface area contributed by atoms with Crippen LogP contribution in [0, 0.1) is 17.8 Å². The zero-order valence-electron chi connectivity index (χ0n) is 10.5. The number of carbonyl (C=O) groups is 2. The second-order valence-electron chi connectivity index (χ2n) is 3.54. The maximum absolute atomic E-state index is 11.8. The van der Waals surface area contributed by atoms with E-state index in [-0.39, 0.29) is 12.8 Å². The minimum absolute atomic E-state index is 0.215. The number of methoxy groups -OCH3 is 2. The van der Waals surface area contributed by atoms with Gasteiger partial charge in [-0.25, -0.2) is 0 Å². The molecule has 0 rings (SSSR count). The van der Waals surface area contributed by atoms with E-state index in [4.69, 9.17) is 15.9 Å². The number of esters is 2. The fourth-order valence-corrected chi connectivity index (χ4v) is 1.55. The van der Waals surface area contributed by atoms with Crippen molar-refractivity contribution in [2.75, 3.05) is 14.2 Å². The van der Waals surface area contributed by atoms with Gasteiger partial charge in [-0.05, 0) is 19.8 Å². The van der Waals surface area contributed by atoms with Gasteiger partial charge in [0.15, 0.2) is 5.41 Å². The van der Waals surface area contributed by atoms with Crippen LogP contribution in [0.15, 0.2) is 12.2 Å². The largest absolute Gasteiger partial charge is 0.468 e. The summed E-state index contributed by atoms with van der Waals surface area (Å²) in [6.45, 7) is 1.81. The SMILES string of the molecule is C#CCCC(C/C=C/C)(C(=O)OC)C(=O)OC. The number of carbonyl (C=O) groups excluding carboxylic acids is 2. The molecule has 0 aromatic rings. The van der Waals surface area contributed by atoms with Gasteiger partial charge in [-0.1, -0.05) is 12.2 Å². The first-order valence-corrected chi connectivity index (χ1v) is 5.30. The van der Waals surface area contributed by atoms with Crippen LogP contribution in [0.5, 0.6) is 0 Å². The maximum atomic E-state index is 11.8.